The number of carbonyl (C=O) groups is 2. The Kier molecular flexibility index (Phi) is 5.69. The van der Waals surface area contributed by atoms with Crippen molar-refractivity contribution in [3.8, 4) is 17.2 Å². The van der Waals surface area contributed by atoms with Gasteiger partial charge in [-0.05, 0) is 18.6 Å². The third-order valence-electron chi connectivity index (χ3n) is 3.82. The van der Waals surface area contributed by atoms with E-state index in [9.17, 15) is 9.59 Å². The van der Waals surface area contributed by atoms with Gasteiger partial charge in [0.2, 0.25) is 0 Å². The fraction of sp³-hybridized carbons (Fsp3) is 0.211. The lowest BCUT2D eigenvalue weighted by Crippen LogP contribution is -2.42. The molecule has 0 radical (unpaired) electrons. The van der Waals surface area contributed by atoms with E-state index < -0.39 is 11.8 Å². The summed E-state index contributed by atoms with van der Waals surface area (Å²) in [5, 5.41) is 11.4. The molecule has 5 nitrogen and oxygen atoms in total. The van der Waals surface area contributed by atoms with Crippen molar-refractivity contribution < 1.29 is 9.59 Å². The number of nitrogens with one attached hydrogen (secondary N) is 1. The van der Waals surface area contributed by atoms with Gasteiger partial charge in [-0.25, -0.2) is 0 Å². The molecule has 24 heavy (non-hydrogen) atoms. The second-order valence-corrected chi connectivity index (χ2v) is 5.49. The first kappa shape index (κ1) is 17.2. The quantitative estimate of drug-likeness (QED) is 0.880. The third kappa shape index (κ3) is 3.99. The summed E-state index contributed by atoms with van der Waals surface area (Å²) in [6.07, 6.45) is 0.177. The number of hydrogen-bond acceptors (Lipinski definition) is 3. The molecule has 1 N–H and O–H groups in total. The molecule has 122 valence electrons. The number of likely N-dealkylation sites (N-methyl/N-ethyl adjacent to an activating group) is 1. The topological polar surface area (TPSA) is 73.2 Å². The molecule has 0 saturated carbocycles. The Morgan fingerprint density at radius 1 is 1.12 bits per heavy atom. The summed E-state index contributed by atoms with van der Waals surface area (Å²) < 4.78 is 0. The fourth-order valence-corrected chi connectivity index (χ4v) is 2.27. The van der Waals surface area contributed by atoms with Gasteiger partial charge in [0.25, 0.3) is 0 Å². The van der Waals surface area contributed by atoms with Gasteiger partial charge < -0.3 is 10.2 Å². The van der Waals surface area contributed by atoms with Crippen molar-refractivity contribution in [3.63, 3.8) is 0 Å². The number of rotatable bonds is 4. The van der Waals surface area contributed by atoms with Crippen molar-refractivity contribution in [2.45, 2.75) is 19.4 Å². The number of nitrogens with zero attached hydrogens (tertiary/aromatic N) is 2. The molecule has 0 bridgehead atoms. The van der Waals surface area contributed by atoms with Crippen LogP contribution in [0.1, 0.15) is 13.3 Å². The molecule has 2 rings (SSSR count). The average Bonchev–Trinajstić information content (AvgIpc) is 2.61. The zero-order valence-corrected chi connectivity index (χ0v) is 13.7. The Balaban J connectivity index is 2.19. The molecule has 0 spiro atoms. The molecule has 2 amide bonds. The fourth-order valence-electron chi connectivity index (χ4n) is 2.27. The Morgan fingerprint density at radius 3 is 2.42 bits per heavy atom. The monoisotopic (exact) mass is 321 g/mol. The molecule has 0 saturated heterocycles. The van der Waals surface area contributed by atoms with E-state index in [4.69, 9.17) is 5.26 Å². The maximum atomic E-state index is 12.3. The number of benzene rings is 2. The number of hydrogen-bond donors (Lipinski definition) is 1. The standard InChI is InChI=1S/C19H19N3O2/c1-14(12-13-20)22(2)19(24)18(23)21-17-11-7-6-10-16(17)15-8-4-3-5-9-15/h3-11,14H,12H2,1-2H3,(H,21,23)/t14-/m0/s1. The van der Waals surface area contributed by atoms with E-state index in [-0.39, 0.29) is 12.5 Å². The SMILES string of the molecule is C[C@@H](CC#N)N(C)C(=O)C(=O)Nc1ccccc1-c1ccccc1. The molecule has 0 fully saturated rings. The van der Waals surface area contributed by atoms with E-state index in [0.29, 0.717) is 5.69 Å². The van der Waals surface area contributed by atoms with E-state index >= 15 is 0 Å². The van der Waals surface area contributed by atoms with Crippen LogP contribution in [0.2, 0.25) is 0 Å². The molecule has 0 heterocycles. The largest absolute Gasteiger partial charge is 0.334 e. The van der Waals surface area contributed by atoms with Crippen LogP contribution in [-0.2, 0) is 9.59 Å². The number of anilines is 1. The average molecular weight is 321 g/mol. The number of carbonyl (C=O) groups excluding carboxylic acids is 2. The normalized spacial score (nSPS) is 11.2. The van der Waals surface area contributed by atoms with E-state index in [1.54, 1.807) is 19.1 Å². The summed E-state index contributed by atoms with van der Waals surface area (Å²) in [6, 6.07) is 18.6. The smallest absolute Gasteiger partial charge is 0.313 e. The van der Waals surface area contributed by atoms with E-state index in [2.05, 4.69) is 5.32 Å². The van der Waals surface area contributed by atoms with Gasteiger partial charge in [-0.15, -0.1) is 0 Å². The Bertz CT molecular complexity index is 766. The van der Waals surface area contributed by atoms with Crippen molar-refractivity contribution in [1.82, 2.24) is 4.90 Å². The number of para-hydroxylation sites is 1. The second kappa shape index (κ2) is 7.93. The molecule has 2 aromatic carbocycles. The highest BCUT2D eigenvalue weighted by Crippen LogP contribution is 2.27. The highest BCUT2D eigenvalue weighted by atomic mass is 16.2. The van der Waals surface area contributed by atoms with Crippen LogP contribution >= 0.6 is 0 Å². The number of amides is 2. The summed E-state index contributed by atoms with van der Waals surface area (Å²) in [5.74, 6) is -1.38. The maximum Gasteiger partial charge on any atom is 0.313 e. The van der Waals surface area contributed by atoms with Crippen LogP contribution in [-0.4, -0.2) is 29.8 Å². The molecule has 0 aromatic heterocycles. The first-order valence-electron chi connectivity index (χ1n) is 7.64. The van der Waals surface area contributed by atoms with Crippen molar-refractivity contribution in [3.05, 3.63) is 54.6 Å². The van der Waals surface area contributed by atoms with Crippen LogP contribution in [0.5, 0.6) is 0 Å². The van der Waals surface area contributed by atoms with Crippen LogP contribution < -0.4 is 5.32 Å². The number of nitriles is 1. The molecule has 5 heteroatoms. The van der Waals surface area contributed by atoms with Gasteiger partial charge in [0.15, 0.2) is 0 Å². The highest BCUT2D eigenvalue weighted by Gasteiger charge is 2.23. The summed E-state index contributed by atoms with van der Waals surface area (Å²) in [6.45, 7) is 1.73. The Hall–Kier alpha value is -3.13. The van der Waals surface area contributed by atoms with Gasteiger partial charge in [-0.3, -0.25) is 9.59 Å². The minimum absolute atomic E-state index is 0.177. The zero-order chi connectivity index (χ0) is 17.5. The minimum Gasteiger partial charge on any atom is -0.334 e. The summed E-state index contributed by atoms with van der Waals surface area (Å²) >= 11 is 0. The van der Waals surface area contributed by atoms with Crippen LogP contribution in [0.3, 0.4) is 0 Å². The molecular formula is C19H19N3O2. The van der Waals surface area contributed by atoms with E-state index in [1.807, 2.05) is 48.5 Å². The predicted octanol–water partition coefficient (Wildman–Crippen LogP) is 3.05. The Labute approximate surface area is 141 Å². The van der Waals surface area contributed by atoms with Crippen LogP contribution in [0, 0.1) is 11.3 Å². The van der Waals surface area contributed by atoms with Crippen molar-refractivity contribution in [2.24, 2.45) is 0 Å². The minimum atomic E-state index is -0.717. The first-order valence-corrected chi connectivity index (χ1v) is 7.64. The molecule has 1 atom stereocenters. The zero-order valence-electron chi connectivity index (χ0n) is 13.7. The second-order valence-electron chi connectivity index (χ2n) is 5.49. The summed E-state index contributed by atoms with van der Waals surface area (Å²) in [5.41, 5.74) is 2.36. The third-order valence-corrected chi connectivity index (χ3v) is 3.82. The van der Waals surface area contributed by atoms with Gasteiger partial charge in [0, 0.05) is 24.3 Å². The molecule has 0 unspecified atom stereocenters. The summed E-state index contributed by atoms with van der Waals surface area (Å²) in [7, 11) is 1.52. The van der Waals surface area contributed by atoms with Crippen molar-refractivity contribution in [1.29, 1.82) is 5.26 Å². The molecule has 0 aliphatic rings. The lowest BCUT2D eigenvalue weighted by atomic mass is 10.0. The van der Waals surface area contributed by atoms with Gasteiger partial charge >= 0.3 is 11.8 Å². The lowest BCUT2D eigenvalue weighted by molar-refractivity contribution is -0.143. The van der Waals surface area contributed by atoms with Gasteiger partial charge in [0.1, 0.15) is 0 Å². The van der Waals surface area contributed by atoms with Crippen molar-refractivity contribution >= 4 is 17.5 Å². The molecule has 0 aliphatic heterocycles. The van der Waals surface area contributed by atoms with Crippen molar-refractivity contribution in [2.75, 3.05) is 12.4 Å². The summed E-state index contributed by atoms with van der Waals surface area (Å²) in [4.78, 5) is 25.8. The van der Waals surface area contributed by atoms with E-state index in [1.165, 1.54) is 11.9 Å². The van der Waals surface area contributed by atoms with Gasteiger partial charge in [-0.2, -0.15) is 5.26 Å². The molecule has 2 aromatic rings. The highest BCUT2D eigenvalue weighted by molar-refractivity contribution is 6.39. The lowest BCUT2D eigenvalue weighted by Gasteiger charge is -2.22. The van der Waals surface area contributed by atoms with Crippen LogP contribution in [0.4, 0.5) is 5.69 Å². The first-order chi connectivity index (χ1) is 11.5. The Morgan fingerprint density at radius 2 is 1.75 bits per heavy atom. The van der Waals surface area contributed by atoms with Crippen LogP contribution in [0.25, 0.3) is 11.1 Å². The van der Waals surface area contributed by atoms with E-state index in [0.717, 1.165) is 11.1 Å². The maximum absolute atomic E-state index is 12.3. The molecule has 0 aliphatic carbocycles. The molecular weight excluding hydrogens is 302 g/mol. The van der Waals surface area contributed by atoms with Gasteiger partial charge in [0.05, 0.1) is 12.5 Å². The van der Waals surface area contributed by atoms with Crippen LogP contribution in [0.15, 0.2) is 54.6 Å². The van der Waals surface area contributed by atoms with Gasteiger partial charge in [-0.1, -0.05) is 48.5 Å². The predicted molar refractivity (Wildman–Crippen MR) is 93.0 cm³/mol.